The lowest BCUT2D eigenvalue weighted by Gasteiger charge is -2.33. The first-order valence-electron chi connectivity index (χ1n) is 9.15. The molecule has 0 bridgehead atoms. The van der Waals surface area contributed by atoms with E-state index in [0.717, 1.165) is 35.4 Å². The molecule has 2 aliphatic rings. The van der Waals surface area contributed by atoms with Gasteiger partial charge in [-0.25, -0.2) is 0 Å². The van der Waals surface area contributed by atoms with Crippen molar-refractivity contribution in [1.29, 1.82) is 0 Å². The zero-order valence-electron chi connectivity index (χ0n) is 14.7. The second-order valence-corrected chi connectivity index (χ2v) is 7.90. The molecule has 3 heterocycles. The van der Waals surface area contributed by atoms with Gasteiger partial charge >= 0.3 is 0 Å². The molecule has 3 aromatic rings. The van der Waals surface area contributed by atoms with Crippen molar-refractivity contribution < 1.29 is 9.53 Å². The van der Waals surface area contributed by atoms with Crippen LogP contribution in [0.1, 0.15) is 38.9 Å². The first-order chi connectivity index (χ1) is 13.3. The zero-order valence-corrected chi connectivity index (χ0v) is 15.6. The van der Waals surface area contributed by atoms with Crippen LogP contribution in [-0.2, 0) is 17.6 Å². The Morgan fingerprint density at radius 3 is 2.93 bits per heavy atom. The number of morpholine rings is 1. The lowest BCUT2D eigenvalue weighted by atomic mass is 10.1. The summed E-state index contributed by atoms with van der Waals surface area (Å²) in [5.41, 5.74) is 3.05. The van der Waals surface area contributed by atoms with Crippen LogP contribution < -0.4 is 0 Å². The van der Waals surface area contributed by atoms with Gasteiger partial charge in [-0.3, -0.25) is 4.79 Å². The second kappa shape index (κ2) is 6.86. The number of nitrogens with zero attached hydrogens (tertiary/aromatic N) is 5. The summed E-state index contributed by atoms with van der Waals surface area (Å²) < 4.78 is 7.54. The average Bonchev–Trinajstić information content (AvgIpc) is 3.45. The Hall–Kier alpha value is -2.58. The average molecular weight is 381 g/mol. The maximum atomic E-state index is 13.5. The van der Waals surface area contributed by atoms with Gasteiger partial charge in [0.1, 0.15) is 17.4 Å². The first kappa shape index (κ1) is 16.6. The molecule has 1 atom stereocenters. The minimum atomic E-state index is -0.0907. The van der Waals surface area contributed by atoms with E-state index in [1.54, 1.807) is 22.3 Å². The standard InChI is InChI=1S/C19H19N5O2S/c25-18(23-9-10-26-15(11-23)13-5-2-1-3-6-13)17-14-7-4-8-16(14)27-19(17)24-12-20-21-22-24/h1-3,5-6,12,15H,4,7-11H2/t15-/m0/s1. The van der Waals surface area contributed by atoms with E-state index in [-0.39, 0.29) is 12.0 Å². The van der Waals surface area contributed by atoms with Crippen molar-refractivity contribution in [2.24, 2.45) is 0 Å². The summed E-state index contributed by atoms with van der Waals surface area (Å²) in [5, 5.41) is 12.3. The van der Waals surface area contributed by atoms with E-state index >= 15 is 0 Å². The third kappa shape index (κ3) is 2.94. The topological polar surface area (TPSA) is 73.1 Å². The summed E-state index contributed by atoms with van der Waals surface area (Å²) in [6.45, 7) is 1.70. The smallest absolute Gasteiger partial charge is 0.257 e. The maximum Gasteiger partial charge on any atom is 0.257 e. The summed E-state index contributed by atoms with van der Waals surface area (Å²) in [7, 11) is 0. The summed E-state index contributed by atoms with van der Waals surface area (Å²) in [6, 6.07) is 10.1. The van der Waals surface area contributed by atoms with Crippen LogP contribution in [0.5, 0.6) is 0 Å². The van der Waals surface area contributed by atoms with Gasteiger partial charge in [-0.05, 0) is 40.8 Å². The molecule has 0 N–H and O–H groups in total. The first-order valence-corrected chi connectivity index (χ1v) is 9.96. The highest BCUT2D eigenvalue weighted by molar-refractivity contribution is 7.15. The van der Waals surface area contributed by atoms with Gasteiger partial charge in [0.25, 0.3) is 5.91 Å². The Morgan fingerprint density at radius 1 is 1.22 bits per heavy atom. The van der Waals surface area contributed by atoms with Crippen molar-refractivity contribution in [2.45, 2.75) is 25.4 Å². The molecule has 138 valence electrons. The molecule has 0 radical (unpaired) electrons. The number of amides is 1. The summed E-state index contributed by atoms with van der Waals surface area (Å²) in [5.74, 6) is 0.0594. The third-order valence-corrected chi connectivity index (χ3v) is 6.48. The van der Waals surface area contributed by atoms with Gasteiger partial charge in [0.05, 0.1) is 18.7 Å². The van der Waals surface area contributed by atoms with E-state index < -0.39 is 0 Å². The Balaban J connectivity index is 1.47. The Morgan fingerprint density at radius 2 is 2.11 bits per heavy atom. The van der Waals surface area contributed by atoms with E-state index in [1.807, 2.05) is 35.2 Å². The van der Waals surface area contributed by atoms with Crippen molar-refractivity contribution >= 4 is 17.2 Å². The summed E-state index contributed by atoms with van der Waals surface area (Å²) in [6.07, 6.45) is 4.54. The molecule has 5 rings (SSSR count). The van der Waals surface area contributed by atoms with Crippen molar-refractivity contribution in [2.75, 3.05) is 19.7 Å². The molecule has 1 saturated heterocycles. The fraction of sp³-hybridized carbons (Fsp3) is 0.368. The van der Waals surface area contributed by atoms with Crippen LogP contribution in [0.2, 0.25) is 0 Å². The fourth-order valence-electron chi connectivity index (χ4n) is 3.89. The normalized spacial score (nSPS) is 19.3. The molecule has 1 fully saturated rings. The largest absolute Gasteiger partial charge is 0.370 e. The Kier molecular flexibility index (Phi) is 4.21. The number of carbonyl (C=O) groups is 1. The van der Waals surface area contributed by atoms with Crippen LogP contribution in [0.15, 0.2) is 36.7 Å². The van der Waals surface area contributed by atoms with E-state index in [9.17, 15) is 4.79 Å². The van der Waals surface area contributed by atoms with E-state index in [4.69, 9.17) is 4.74 Å². The van der Waals surface area contributed by atoms with Gasteiger partial charge < -0.3 is 9.64 Å². The highest BCUT2D eigenvalue weighted by Gasteiger charge is 2.33. The molecular weight excluding hydrogens is 362 g/mol. The SMILES string of the molecule is O=C(c1c(-n2cnnn2)sc2c1CCC2)N1CCO[C@H](c2ccccc2)C1. The van der Waals surface area contributed by atoms with Gasteiger partial charge in [-0.1, -0.05) is 30.3 Å². The number of aromatic nitrogens is 4. The van der Waals surface area contributed by atoms with Crippen LogP contribution in [-0.4, -0.2) is 50.7 Å². The predicted molar refractivity (Wildman–Crippen MR) is 100 cm³/mol. The summed E-state index contributed by atoms with van der Waals surface area (Å²) >= 11 is 1.64. The third-order valence-electron chi connectivity index (χ3n) is 5.20. The van der Waals surface area contributed by atoms with Gasteiger partial charge in [-0.15, -0.1) is 16.4 Å². The number of rotatable bonds is 3. The molecule has 0 unspecified atom stereocenters. The molecule has 1 aliphatic carbocycles. The van der Waals surface area contributed by atoms with Crippen LogP contribution >= 0.6 is 11.3 Å². The number of hydrogen-bond donors (Lipinski definition) is 0. The number of tetrazole rings is 1. The Labute approximate surface area is 160 Å². The fourth-order valence-corrected chi connectivity index (χ4v) is 5.18. The van der Waals surface area contributed by atoms with Crippen LogP contribution in [0.3, 0.4) is 0 Å². The molecule has 0 saturated carbocycles. The Bertz CT molecular complexity index is 954. The van der Waals surface area contributed by atoms with Crippen molar-refractivity contribution in [3.8, 4) is 5.00 Å². The molecule has 27 heavy (non-hydrogen) atoms. The number of hydrogen-bond acceptors (Lipinski definition) is 6. The lowest BCUT2D eigenvalue weighted by molar-refractivity contribution is -0.0228. The number of benzene rings is 1. The molecule has 1 aromatic carbocycles. The van der Waals surface area contributed by atoms with Crippen molar-refractivity contribution in [3.63, 3.8) is 0 Å². The van der Waals surface area contributed by atoms with Gasteiger partial charge in [0, 0.05) is 11.4 Å². The molecular formula is C19H19N5O2S. The van der Waals surface area contributed by atoms with Crippen LogP contribution in [0.25, 0.3) is 5.00 Å². The number of aryl methyl sites for hydroxylation is 1. The minimum Gasteiger partial charge on any atom is -0.370 e. The number of fused-ring (bicyclic) bond motifs is 1. The highest BCUT2D eigenvalue weighted by atomic mass is 32.1. The number of thiophene rings is 1. The zero-order chi connectivity index (χ0) is 18.2. The molecule has 7 nitrogen and oxygen atoms in total. The minimum absolute atomic E-state index is 0.0594. The number of ether oxygens (including phenoxy) is 1. The second-order valence-electron chi connectivity index (χ2n) is 6.81. The van der Waals surface area contributed by atoms with Crippen LogP contribution in [0, 0.1) is 0 Å². The lowest BCUT2D eigenvalue weighted by Crippen LogP contribution is -2.42. The van der Waals surface area contributed by atoms with E-state index in [2.05, 4.69) is 15.5 Å². The van der Waals surface area contributed by atoms with Crippen molar-refractivity contribution in [3.05, 3.63) is 58.2 Å². The highest BCUT2D eigenvalue weighted by Crippen LogP contribution is 2.38. The maximum absolute atomic E-state index is 13.5. The van der Waals surface area contributed by atoms with Gasteiger partial charge in [0.2, 0.25) is 0 Å². The summed E-state index contributed by atoms with van der Waals surface area (Å²) in [4.78, 5) is 16.7. The van der Waals surface area contributed by atoms with Crippen LogP contribution in [0.4, 0.5) is 0 Å². The predicted octanol–water partition coefficient (Wildman–Crippen LogP) is 2.43. The molecule has 1 amide bonds. The molecule has 2 aromatic heterocycles. The van der Waals surface area contributed by atoms with Crippen molar-refractivity contribution in [1.82, 2.24) is 25.1 Å². The molecule has 1 aliphatic heterocycles. The monoisotopic (exact) mass is 381 g/mol. The molecule has 0 spiro atoms. The van der Waals surface area contributed by atoms with Gasteiger partial charge in [0.15, 0.2) is 0 Å². The van der Waals surface area contributed by atoms with E-state index in [1.165, 1.54) is 10.4 Å². The quantitative estimate of drug-likeness (QED) is 0.697. The van der Waals surface area contributed by atoms with Gasteiger partial charge in [-0.2, -0.15) is 4.68 Å². The molecule has 8 heteroatoms. The van der Waals surface area contributed by atoms with E-state index in [0.29, 0.717) is 19.7 Å². The number of carbonyl (C=O) groups excluding carboxylic acids is 1.